The smallest absolute Gasteiger partial charge is 0.236 e. The van der Waals surface area contributed by atoms with Gasteiger partial charge in [-0.25, -0.2) is 0 Å². The molecular formula is C14H22N2O. The average Bonchev–Trinajstić information content (AvgIpc) is 2.30. The summed E-state index contributed by atoms with van der Waals surface area (Å²) in [5.41, 5.74) is 0. The molecule has 1 aliphatic heterocycles. The molecule has 0 aromatic carbocycles. The van der Waals surface area contributed by atoms with Gasteiger partial charge in [-0.2, -0.15) is 0 Å². The van der Waals surface area contributed by atoms with Crippen molar-refractivity contribution in [1.29, 1.82) is 0 Å². The summed E-state index contributed by atoms with van der Waals surface area (Å²) in [6.45, 7) is 2.52. The number of amides is 1. The molecule has 0 spiro atoms. The topological polar surface area (TPSA) is 32.3 Å². The van der Waals surface area contributed by atoms with Crippen LogP contribution in [0.5, 0.6) is 0 Å². The summed E-state index contributed by atoms with van der Waals surface area (Å²) in [5, 5.41) is 3.20. The normalized spacial score (nSPS) is 48.8. The molecule has 0 unspecified atom stereocenters. The number of nitrogens with zero attached hydrogens (tertiary/aromatic N) is 1. The molecule has 17 heavy (non-hydrogen) atoms. The predicted molar refractivity (Wildman–Crippen MR) is 65.4 cm³/mol. The number of carbonyl (C=O) groups excluding carboxylic acids is 1. The molecule has 94 valence electrons. The summed E-state index contributed by atoms with van der Waals surface area (Å²) >= 11 is 0. The van der Waals surface area contributed by atoms with E-state index >= 15 is 0 Å². The van der Waals surface area contributed by atoms with E-state index in [2.05, 4.69) is 10.2 Å². The van der Waals surface area contributed by atoms with Gasteiger partial charge >= 0.3 is 0 Å². The van der Waals surface area contributed by atoms with E-state index in [1.165, 1.54) is 32.1 Å². The minimum absolute atomic E-state index is 0.355. The van der Waals surface area contributed by atoms with Gasteiger partial charge in [0, 0.05) is 19.1 Å². The fraction of sp³-hybridized carbons (Fsp3) is 0.929. The fourth-order valence-electron chi connectivity index (χ4n) is 5.34. The molecule has 0 radical (unpaired) electrons. The second-order valence-corrected chi connectivity index (χ2v) is 6.69. The van der Waals surface area contributed by atoms with Crippen LogP contribution in [0, 0.1) is 23.7 Å². The third kappa shape index (κ3) is 1.55. The molecule has 5 rings (SSSR count). The van der Waals surface area contributed by atoms with E-state index in [9.17, 15) is 4.79 Å². The highest BCUT2D eigenvalue weighted by atomic mass is 16.2. The quantitative estimate of drug-likeness (QED) is 0.740. The van der Waals surface area contributed by atoms with Gasteiger partial charge in [0.15, 0.2) is 0 Å². The molecule has 1 N–H and O–H groups in total. The Labute approximate surface area is 103 Å². The van der Waals surface area contributed by atoms with Crippen molar-refractivity contribution in [3.05, 3.63) is 0 Å². The molecule has 0 atom stereocenters. The molecular weight excluding hydrogens is 212 g/mol. The second-order valence-electron chi connectivity index (χ2n) is 6.69. The van der Waals surface area contributed by atoms with Crippen LogP contribution in [-0.2, 0) is 4.79 Å². The molecule has 5 aliphatic rings. The first-order valence-electron chi connectivity index (χ1n) is 7.31. The Morgan fingerprint density at radius 3 is 2.24 bits per heavy atom. The summed E-state index contributed by atoms with van der Waals surface area (Å²) in [7, 11) is 0. The van der Waals surface area contributed by atoms with Crippen LogP contribution in [-0.4, -0.2) is 36.5 Å². The number of hydrogen-bond acceptors (Lipinski definition) is 2. The maximum Gasteiger partial charge on any atom is 0.236 e. The van der Waals surface area contributed by atoms with Crippen molar-refractivity contribution in [2.24, 2.45) is 23.7 Å². The van der Waals surface area contributed by atoms with Crippen LogP contribution in [0.2, 0.25) is 0 Å². The summed E-state index contributed by atoms with van der Waals surface area (Å²) < 4.78 is 0. The Balaban J connectivity index is 1.59. The monoisotopic (exact) mass is 234 g/mol. The average molecular weight is 234 g/mol. The largest absolute Gasteiger partial charge is 0.337 e. The maximum absolute atomic E-state index is 12.1. The van der Waals surface area contributed by atoms with Crippen molar-refractivity contribution < 1.29 is 4.79 Å². The van der Waals surface area contributed by atoms with Crippen LogP contribution < -0.4 is 5.32 Å². The van der Waals surface area contributed by atoms with Crippen molar-refractivity contribution in [3.8, 4) is 0 Å². The first-order valence-corrected chi connectivity index (χ1v) is 7.31. The zero-order valence-electron chi connectivity index (χ0n) is 10.4. The van der Waals surface area contributed by atoms with Gasteiger partial charge in [-0.05, 0) is 55.8 Å². The second kappa shape index (κ2) is 3.71. The zero-order chi connectivity index (χ0) is 11.4. The highest BCUT2D eigenvalue weighted by molar-refractivity contribution is 5.79. The van der Waals surface area contributed by atoms with Crippen LogP contribution in [0.25, 0.3) is 0 Å². The lowest BCUT2D eigenvalue weighted by atomic mass is 9.54. The summed E-state index contributed by atoms with van der Waals surface area (Å²) in [6, 6.07) is 0.609. The summed E-state index contributed by atoms with van der Waals surface area (Å²) in [5.74, 6) is 4.05. The SMILES string of the molecule is O=C1CNCCN1C1C2CC3CC(C2)CC1C3. The lowest BCUT2D eigenvalue weighted by Gasteiger charge is -2.57. The van der Waals surface area contributed by atoms with Gasteiger partial charge in [0.1, 0.15) is 0 Å². The molecule has 1 amide bonds. The van der Waals surface area contributed by atoms with Crippen LogP contribution in [0.3, 0.4) is 0 Å². The van der Waals surface area contributed by atoms with Crippen LogP contribution >= 0.6 is 0 Å². The molecule has 0 aromatic heterocycles. The third-order valence-corrected chi connectivity index (χ3v) is 5.66. The Hall–Kier alpha value is -0.570. The van der Waals surface area contributed by atoms with Crippen molar-refractivity contribution in [2.75, 3.05) is 19.6 Å². The van der Waals surface area contributed by atoms with E-state index in [1.54, 1.807) is 0 Å². The molecule has 1 heterocycles. The molecule has 4 bridgehead atoms. The van der Waals surface area contributed by atoms with Crippen LogP contribution in [0.1, 0.15) is 32.1 Å². The summed E-state index contributed by atoms with van der Waals surface area (Å²) in [6.07, 6.45) is 7.14. The highest BCUT2D eigenvalue weighted by Crippen LogP contribution is 2.55. The van der Waals surface area contributed by atoms with Gasteiger partial charge in [0.25, 0.3) is 0 Å². The number of carbonyl (C=O) groups is 1. The first-order chi connectivity index (χ1) is 8.31. The van der Waals surface area contributed by atoms with E-state index in [1.807, 2.05) is 0 Å². The van der Waals surface area contributed by atoms with Gasteiger partial charge in [0.2, 0.25) is 5.91 Å². The maximum atomic E-state index is 12.1. The van der Waals surface area contributed by atoms with Crippen LogP contribution in [0.4, 0.5) is 0 Å². The first kappa shape index (κ1) is 10.4. The van der Waals surface area contributed by atoms with Gasteiger partial charge in [-0.3, -0.25) is 4.79 Å². The van der Waals surface area contributed by atoms with E-state index in [0.29, 0.717) is 18.5 Å². The lowest BCUT2D eigenvalue weighted by molar-refractivity contribution is -0.145. The number of rotatable bonds is 1. The van der Waals surface area contributed by atoms with E-state index in [4.69, 9.17) is 0 Å². The van der Waals surface area contributed by atoms with Crippen molar-refractivity contribution in [2.45, 2.75) is 38.1 Å². The number of piperazine rings is 1. The zero-order valence-corrected chi connectivity index (χ0v) is 10.4. The van der Waals surface area contributed by atoms with Crippen molar-refractivity contribution in [3.63, 3.8) is 0 Å². The number of nitrogens with one attached hydrogen (secondary N) is 1. The molecule has 4 aliphatic carbocycles. The minimum atomic E-state index is 0.355. The molecule has 0 aromatic rings. The summed E-state index contributed by atoms with van der Waals surface area (Å²) in [4.78, 5) is 14.3. The third-order valence-electron chi connectivity index (χ3n) is 5.66. The Kier molecular flexibility index (Phi) is 2.26. The van der Waals surface area contributed by atoms with Gasteiger partial charge in [-0.15, -0.1) is 0 Å². The van der Waals surface area contributed by atoms with Crippen LogP contribution in [0.15, 0.2) is 0 Å². The molecule has 3 nitrogen and oxygen atoms in total. The van der Waals surface area contributed by atoms with E-state index in [-0.39, 0.29) is 0 Å². The Bertz CT molecular complexity index is 313. The Morgan fingerprint density at radius 2 is 1.65 bits per heavy atom. The van der Waals surface area contributed by atoms with E-state index < -0.39 is 0 Å². The molecule has 4 saturated carbocycles. The molecule has 1 saturated heterocycles. The number of hydrogen-bond donors (Lipinski definition) is 1. The molecule has 5 fully saturated rings. The lowest BCUT2D eigenvalue weighted by Crippen LogP contribution is -2.61. The standard InChI is InChI=1S/C14H22N2O/c17-13-8-15-1-2-16(13)14-11-4-9-3-10(6-11)7-12(14)5-9/h9-12,14-15H,1-8H2. The van der Waals surface area contributed by atoms with Crippen molar-refractivity contribution in [1.82, 2.24) is 10.2 Å². The highest BCUT2D eigenvalue weighted by Gasteiger charge is 2.51. The minimum Gasteiger partial charge on any atom is -0.337 e. The van der Waals surface area contributed by atoms with Gasteiger partial charge in [-0.1, -0.05) is 0 Å². The van der Waals surface area contributed by atoms with Gasteiger partial charge < -0.3 is 10.2 Å². The predicted octanol–water partition coefficient (Wildman–Crippen LogP) is 1.24. The molecule has 3 heteroatoms. The van der Waals surface area contributed by atoms with E-state index in [0.717, 1.165) is 36.8 Å². The van der Waals surface area contributed by atoms with Crippen molar-refractivity contribution >= 4 is 5.91 Å². The Morgan fingerprint density at radius 1 is 1.00 bits per heavy atom. The van der Waals surface area contributed by atoms with Gasteiger partial charge in [0.05, 0.1) is 6.54 Å². The fourth-order valence-corrected chi connectivity index (χ4v) is 5.34.